The first-order valence-corrected chi connectivity index (χ1v) is 10.6. The van der Waals surface area contributed by atoms with E-state index in [2.05, 4.69) is 4.72 Å². The predicted octanol–water partition coefficient (Wildman–Crippen LogP) is 2.29. The van der Waals surface area contributed by atoms with Crippen LogP contribution in [0.5, 0.6) is 0 Å². The first-order chi connectivity index (χ1) is 12.2. The van der Waals surface area contributed by atoms with Crippen LogP contribution in [0.25, 0.3) is 0 Å². The molecule has 1 aliphatic carbocycles. The van der Waals surface area contributed by atoms with Crippen molar-refractivity contribution in [1.29, 1.82) is 0 Å². The van der Waals surface area contributed by atoms with Crippen molar-refractivity contribution in [2.75, 3.05) is 12.3 Å². The van der Waals surface area contributed by atoms with Gasteiger partial charge in [0, 0.05) is 5.92 Å². The lowest BCUT2D eigenvalue weighted by Gasteiger charge is -2.28. The third-order valence-electron chi connectivity index (χ3n) is 4.94. The summed E-state index contributed by atoms with van der Waals surface area (Å²) in [4.78, 5) is 13.9. The van der Waals surface area contributed by atoms with Gasteiger partial charge in [0.25, 0.3) is 0 Å². The molecule has 1 heterocycles. The molecular formula is C17H21ClF2N2O3S. The van der Waals surface area contributed by atoms with Gasteiger partial charge in [-0.2, -0.15) is 0 Å². The highest BCUT2D eigenvalue weighted by atomic mass is 35.5. The molecule has 3 atom stereocenters. The van der Waals surface area contributed by atoms with E-state index in [1.54, 1.807) is 6.07 Å². The Bertz CT molecular complexity index is 801. The summed E-state index contributed by atoms with van der Waals surface area (Å²) in [5, 5.41) is -0.0666. The minimum Gasteiger partial charge on any atom is -0.334 e. The lowest BCUT2D eigenvalue weighted by molar-refractivity contribution is -0.133. The largest absolute Gasteiger partial charge is 0.334 e. The van der Waals surface area contributed by atoms with Gasteiger partial charge in [-0.1, -0.05) is 23.7 Å². The van der Waals surface area contributed by atoms with Gasteiger partial charge in [-0.25, -0.2) is 21.9 Å². The van der Waals surface area contributed by atoms with Crippen LogP contribution >= 0.6 is 11.6 Å². The molecular weight excluding hydrogens is 386 g/mol. The number of hydrogen-bond acceptors (Lipinski definition) is 3. The Kier molecular flexibility index (Phi) is 5.55. The van der Waals surface area contributed by atoms with Crippen molar-refractivity contribution >= 4 is 27.5 Å². The minimum atomic E-state index is -3.68. The molecule has 3 rings (SSSR count). The van der Waals surface area contributed by atoms with Crippen LogP contribution in [0.1, 0.15) is 25.3 Å². The number of alkyl halides is 1. The molecule has 1 aromatic carbocycles. The van der Waals surface area contributed by atoms with Crippen molar-refractivity contribution in [3.63, 3.8) is 0 Å². The number of halogens is 3. The minimum absolute atomic E-state index is 0.0117. The van der Waals surface area contributed by atoms with Crippen LogP contribution in [0.3, 0.4) is 0 Å². The molecule has 1 aromatic rings. The lowest BCUT2D eigenvalue weighted by atomic mass is 9.99. The van der Waals surface area contributed by atoms with Gasteiger partial charge in [0.05, 0.1) is 29.4 Å². The molecule has 1 aliphatic heterocycles. The van der Waals surface area contributed by atoms with E-state index in [0.717, 1.165) is 12.8 Å². The van der Waals surface area contributed by atoms with Crippen LogP contribution < -0.4 is 4.72 Å². The van der Waals surface area contributed by atoms with E-state index in [1.165, 1.54) is 24.0 Å². The van der Waals surface area contributed by atoms with Crippen molar-refractivity contribution in [2.45, 2.75) is 44.4 Å². The number of sulfonamides is 1. The second-order valence-corrected chi connectivity index (χ2v) is 9.26. The molecule has 0 aromatic heterocycles. The second-order valence-electron chi connectivity index (χ2n) is 6.81. The van der Waals surface area contributed by atoms with Gasteiger partial charge >= 0.3 is 0 Å². The maximum atomic E-state index is 14.6. The molecule has 0 spiro atoms. The van der Waals surface area contributed by atoms with Crippen LogP contribution in [0, 0.1) is 11.7 Å². The fourth-order valence-electron chi connectivity index (χ4n) is 3.30. The monoisotopic (exact) mass is 406 g/mol. The molecule has 9 heteroatoms. The molecule has 2 fully saturated rings. The number of likely N-dealkylation sites (tertiary alicyclic amines) is 1. The Morgan fingerprint density at radius 2 is 2.08 bits per heavy atom. The van der Waals surface area contributed by atoms with Crippen molar-refractivity contribution in [3.05, 3.63) is 34.6 Å². The van der Waals surface area contributed by atoms with E-state index < -0.39 is 34.1 Å². The van der Waals surface area contributed by atoms with Gasteiger partial charge < -0.3 is 4.90 Å². The Balaban J connectivity index is 1.91. The van der Waals surface area contributed by atoms with Crippen LogP contribution in [0.4, 0.5) is 8.78 Å². The van der Waals surface area contributed by atoms with E-state index in [9.17, 15) is 22.0 Å². The Morgan fingerprint density at radius 3 is 2.69 bits per heavy atom. The zero-order chi connectivity index (χ0) is 19.1. The molecule has 0 unspecified atom stereocenters. The fourth-order valence-corrected chi connectivity index (χ4v) is 4.38. The summed E-state index contributed by atoms with van der Waals surface area (Å²) in [6.07, 6.45) is -0.0696. The summed E-state index contributed by atoms with van der Waals surface area (Å²) in [5.41, 5.74) is 0.228. The number of rotatable bonds is 6. The Hall–Kier alpha value is -1.25. The van der Waals surface area contributed by atoms with E-state index in [1.807, 2.05) is 0 Å². The quantitative estimate of drug-likeness (QED) is 0.788. The lowest BCUT2D eigenvalue weighted by Crippen LogP contribution is -2.50. The van der Waals surface area contributed by atoms with Crippen molar-refractivity contribution in [3.8, 4) is 0 Å². The zero-order valence-electron chi connectivity index (χ0n) is 14.3. The molecule has 1 saturated carbocycles. The third-order valence-corrected chi connectivity index (χ3v) is 6.62. The third kappa shape index (κ3) is 4.02. The van der Waals surface area contributed by atoms with Crippen LogP contribution in [0.2, 0.25) is 5.02 Å². The van der Waals surface area contributed by atoms with Crippen LogP contribution in [-0.2, 0) is 21.2 Å². The maximum absolute atomic E-state index is 14.6. The molecule has 0 radical (unpaired) electrons. The molecule has 1 saturated heterocycles. The van der Waals surface area contributed by atoms with E-state index in [4.69, 9.17) is 11.6 Å². The highest BCUT2D eigenvalue weighted by Gasteiger charge is 2.48. The topological polar surface area (TPSA) is 66.5 Å². The first kappa shape index (κ1) is 19.5. The Labute approximate surface area is 156 Å². The second kappa shape index (κ2) is 7.40. The van der Waals surface area contributed by atoms with Crippen molar-refractivity contribution in [2.24, 2.45) is 5.92 Å². The van der Waals surface area contributed by atoms with Gasteiger partial charge in [-0.15, -0.1) is 0 Å². The molecule has 5 nitrogen and oxygen atoms in total. The number of nitrogens with one attached hydrogen (secondary N) is 1. The smallest absolute Gasteiger partial charge is 0.226 e. The summed E-state index contributed by atoms with van der Waals surface area (Å²) in [5.74, 6) is -1.17. The number of carbonyl (C=O) groups excluding carboxylic acids is 1. The molecule has 1 N–H and O–H groups in total. The number of benzene rings is 1. The Morgan fingerprint density at radius 1 is 1.38 bits per heavy atom. The number of amides is 1. The van der Waals surface area contributed by atoms with Crippen molar-refractivity contribution in [1.82, 2.24) is 9.62 Å². The molecule has 0 bridgehead atoms. The fraction of sp³-hybridized carbons (Fsp3) is 0.588. The normalized spacial score (nSPS) is 26.3. The average Bonchev–Trinajstić information content (AvgIpc) is 3.40. The number of hydrogen-bond donors (Lipinski definition) is 1. The number of nitrogens with zero attached hydrogens (tertiary/aromatic N) is 1. The molecule has 2 aliphatic rings. The zero-order valence-corrected chi connectivity index (χ0v) is 15.9. The number of carbonyl (C=O) groups is 1. The van der Waals surface area contributed by atoms with Gasteiger partial charge in [-0.3, -0.25) is 4.79 Å². The van der Waals surface area contributed by atoms with Crippen LogP contribution in [-0.4, -0.2) is 49.8 Å². The van der Waals surface area contributed by atoms with Crippen molar-refractivity contribution < 1.29 is 22.0 Å². The first-order valence-electron chi connectivity index (χ1n) is 8.61. The standard InChI is InChI=1S/C17H21ClF2N2O3S/c1-2-26(24,25)21-16-13(19)9-22(17(23)10-6-7-10)14(16)8-11-4-3-5-12(18)15(11)20/h3-5,10,13-14,16,21H,2,6-9H2,1H3/t13-,14-,16-/m0/s1. The highest BCUT2D eigenvalue weighted by molar-refractivity contribution is 7.89. The SMILES string of the molecule is CCS(=O)(=O)N[C@H]1[C@@H](F)CN(C(=O)C2CC2)[C@H]1Cc1cccc(Cl)c1F. The summed E-state index contributed by atoms with van der Waals surface area (Å²) >= 11 is 5.81. The molecule has 1 amide bonds. The predicted molar refractivity (Wildman–Crippen MR) is 94.6 cm³/mol. The van der Waals surface area contributed by atoms with Gasteiger partial charge in [-0.05, 0) is 37.8 Å². The maximum Gasteiger partial charge on any atom is 0.226 e. The van der Waals surface area contributed by atoms with E-state index in [0.29, 0.717) is 0 Å². The summed E-state index contributed by atoms with van der Waals surface area (Å²) in [6, 6.07) is 2.57. The van der Waals surface area contributed by atoms with Gasteiger partial charge in [0.2, 0.25) is 15.9 Å². The summed E-state index contributed by atoms with van der Waals surface area (Å²) in [6.45, 7) is 1.25. The highest BCUT2D eigenvalue weighted by Crippen LogP contribution is 2.35. The van der Waals surface area contributed by atoms with Gasteiger partial charge in [0.1, 0.15) is 12.0 Å². The molecule has 144 valence electrons. The summed E-state index contributed by atoms with van der Waals surface area (Å²) in [7, 11) is -3.68. The van der Waals surface area contributed by atoms with E-state index in [-0.39, 0.29) is 41.1 Å². The average molecular weight is 407 g/mol. The summed E-state index contributed by atoms with van der Waals surface area (Å²) < 4.78 is 55.2. The van der Waals surface area contributed by atoms with Crippen LogP contribution in [0.15, 0.2) is 18.2 Å². The van der Waals surface area contributed by atoms with Gasteiger partial charge in [0.15, 0.2) is 0 Å². The molecule has 26 heavy (non-hydrogen) atoms. The van der Waals surface area contributed by atoms with E-state index >= 15 is 0 Å².